The summed E-state index contributed by atoms with van der Waals surface area (Å²) in [5.41, 5.74) is 2.20. The standard InChI is InChI=1S/C15H20N2O3/c18-9-12(19)8-17-5-6-20-10-15(17)14-7-11-3-1-2-4-13(11)16-14/h1-4,7,12,15-16,18-19H,5-6,8-10H2. The molecule has 1 aromatic carbocycles. The lowest BCUT2D eigenvalue weighted by molar-refractivity contribution is -0.0365. The van der Waals surface area contributed by atoms with Crippen LogP contribution in [0.5, 0.6) is 0 Å². The van der Waals surface area contributed by atoms with E-state index in [9.17, 15) is 5.11 Å². The molecule has 2 aromatic rings. The Kier molecular flexibility index (Phi) is 4.03. The van der Waals surface area contributed by atoms with E-state index in [1.165, 1.54) is 5.39 Å². The largest absolute Gasteiger partial charge is 0.394 e. The Morgan fingerprint density at radius 3 is 3.05 bits per heavy atom. The van der Waals surface area contributed by atoms with Gasteiger partial charge in [0.25, 0.3) is 0 Å². The third-order valence-electron chi connectivity index (χ3n) is 3.81. The van der Waals surface area contributed by atoms with Gasteiger partial charge in [-0.25, -0.2) is 0 Å². The number of morpholine rings is 1. The fourth-order valence-corrected chi connectivity index (χ4v) is 2.75. The van der Waals surface area contributed by atoms with Crippen molar-refractivity contribution in [3.63, 3.8) is 0 Å². The number of nitrogens with one attached hydrogen (secondary N) is 1. The summed E-state index contributed by atoms with van der Waals surface area (Å²) in [6.45, 7) is 2.27. The summed E-state index contributed by atoms with van der Waals surface area (Å²) in [5.74, 6) is 0. The van der Waals surface area contributed by atoms with E-state index in [0.717, 1.165) is 17.8 Å². The molecule has 108 valence electrons. The molecule has 5 heteroatoms. The molecule has 1 aliphatic rings. The van der Waals surface area contributed by atoms with E-state index in [1.54, 1.807) is 0 Å². The fourth-order valence-electron chi connectivity index (χ4n) is 2.75. The maximum Gasteiger partial charge on any atom is 0.0897 e. The van der Waals surface area contributed by atoms with Gasteiger partial charge in [-0.15, -0.1) is 0 Å². The minimum atomic E-state index is -0.708. The van der Waals surface area contributed by atoms with Gasteiger partial charge in [0.2, 0.25) is 0 Å². The normalized spacial score (nSPS) is 22.2. The molecule has 0 bridgehead atoms. The number of rotatable bonds is 4. The Morgan fingerprint density at radius 1 is 1.40 bits per heavy atom. The highest BCUT2D eigenvalue weighted by Crippen LogP contribution is 2.26. The summed E-state index contributed by atoms with van der Waals surface area (Å²) in [6.07, 6.45) is -0.708. The third kappa shape index (κ3) is 2.71. The highest BCUT2D eigenvalue weighted by molar-refractivity contribution is 5.80. The SMILES string of the molecule is OCC(O)CN1CCOCC1c1cc2ccccc2[nH]1. The fraction of sp³-hybridized carbons (Fsp3) is 0.467. The van der Waals surface area contributed by atoms with Crippen LogP contribution in [0.2, 0.25) is 0 Å². The molecule has 2 heterocycles. The number of benzene rings is 1. The van der Waals surface area contributed by atoms with Gasteiger partial charge in [0.05, 0.1) is 32.0 Å². The number of H-pyrrole nitrogens is 1. The summed E-state index contributed by atoms with van der Waals surface area (Å²) >= 11 is 0. The molecule has 2 atom stereocenters. The second-order valence-electron chi connectivity index (χ2n) is 5.23. The molecule has 20 heavy (non-hydrogen) atoms. The summed E-state index contributed by atoms with van der Waals surface area (Å²) in [5, 5.41) is 19.9. The quantitative estimate of drug-likeness (QED) is 0.776. The van der Waals surface area contributed by atoms with E-state index >= 15 is 0 Å². The van der Waals surface area contributed by atoms with E-state index in [0.29, 0.717) is 19.8 Å². The first-order valence-corrected chi connectivity index (χ1v) is 6.96. The molecule has 3 N–H and O–H groups in total. The zero-order chi connectivity index (χ0) is 13.9. The summed E-state index contributed by atoms with van der Waals surface area (Å²) in [7, 11) is 0. The maximum atomic E-state index is 9.67. The predicted octanol–water partition coefficient (Wildman–Crippen LogP) is 0.894. The first-order valence-electron chi connectivity index (χ1n) is 6.96. The van der Waals surface area contributed by atoms with Crippen LogP contribution >= 0.6 is 0 Å². The van der Waals surface area contributed by atoms with Gasteiger partial charge < -0.3 is 19.9 Å². The van der Waals surface area contributed by atoms with E-state index in [-0.39, 0.29) is 12.6 Å². The molecule has 0 radical (unpaired) electrons. The lowest BCUT2D eigenvalue weighted by atomic mass is 10.1. The minimum Gasteiger partial charge on any atom is -0.394 e. The van der Waals surface area contributed by atoms with Crippen LogP contribution in [0.1, 0.15) is 11.7 Å². The van der Waals surface area contributed by atoms with Gasteiger partial charge >= 0.3 is 0 Å². The summed E-state index contributed by atoms with van der Waals surface area (Å²) in [6, 6.07) is 10.4. The number of hydrogen-bond donors (Lipinski definition) is 3. The van der Waals surface area contributed by atoms with Gasteiger partial charge in [0.1, 0.15) is 0 Å². The van der Waals surface area contributed by atoms with Crippen LogP contribution in [0.4, 0.5) is 0 Å². The van der Waals surface area contributed by atoms with Crippen molar-refractivity contribution in [1.29, 1.82) is 0 Å². The van der Waals surface area contributed by atoms with Gasteiger partial charge in [-0.05, 0) is 17.5 Å². The Bertz CT molecular complexity index is 536. The Labute approximate surface area is 117 Å². The van der Waals surface area contributed by atoms with Crippen molar-refractivity contribution in [2.45, 2.75) is 12.1 Å². The number of nitrogens with zero attached hydrogens (tertiary/aromatic N) is 1. The third-order valence-corrected chi connectivity index (χ3v) is 3.81. The second-order valence-corrected chi connectivity index (χ2v) is 5.23. The number of β-amino-alcohol motifs (C(OH)–C–C–N with tert-alkyl or cyclic N) is 1. The molecule has 1 fully saturated rings. The lowest BCUT2D eigenvalue weighted by Gasteiger charge is -2.36. The van der Waals surface area contributed by atoms with E-state index in [4.69, 9.17) is 9.84 Å². The van der Waals surface area contributed by atoms with Crippen LogP contribution in [0.25, 0.3) is 10.9 Å². The average Bonchev–Trinajstić information content (AvgIpc) is 2.91. The van der Waals surface area contributed by atoms with Crippen molar-refractivity contribution in [2.24, 2.45) is 0 Å². The number of aromatic nitrogens is 1. The lowest BCUT2D eigenvalue weighted by Crippen LogP contribution is -2.44. The first kappa shape index (κ1) is 13.6. The number of fused-ring (bicyclic) bond motifs is 1. The van der Waals surface area contributed by atoms with E-state index in [1.807, 2.05) is 12.1 Å². The van der Waals surface area contributed by atoms with E-state index in [2.05, 4.69) is 28.1 Å². The minimum absolute atomic E-state index is 0.0948. The zero-order valence-corrected chi connectivity index (χ0v) is 11.3. The molecule has 1 aromatic heterocycles. The van der Waals surface area contributed by atoms with Crippen LogP contribution in [-0.4, -0.2) is 59.1 Å². The molecule has 1 saturated heterocycles. The Morgan fingerprint density at radius 2 is 2.25 bits per heavy atom. The van der Waals surface area contributed by atoms with Crippen LogP contribution in [0.15, 0.2) is 30.3 Å². The second kappa shape index (κ2) is 5.93. The van der Waals surface area contributed by atoms with Crippen molar-refractivity contribution >= 4 is 10.9 Å². The molecule has 0 aliphatic carbocycles. The molecule has 2 unspecified atom stereocenters. The average molecular weight is 276 g/mol. The molecule has 0 spiro atoms. The van der Waals surface area contributed by atoms with Crippen LogP contribution < -0.4 is 0 Å². The number of aromatic amines is 1. The van der Waals surface area contributed by atoms with Crippen LogP contribution in [0.3, 0.4) is 0 Å². The molecule has 0 amide bonds. The number of hydrogen-bond acceptors (Lipinski definition) is 4. The number of aliphatic hydroxyl groups is 2. The Balaban J connectivity index is 1.84. The van der Waals surface area contributed by atoms with Crippen molar-refractivity contribution in [3.05, 3.63) is 36.0 Å². The summed E-state index contributed by atoms with van der Waals surface area (Å²) < 4.78 is 5.57. The van der Waals surface area contributed by atoms with Crippen LogP contribution in [0, 0.1) is 0 Å². The molecule has 5 nitrogen and oxygen atoms in total. The van der Waals surface area contributed by atoms with Crippen molar-refractivity contribution in [3.8, 4) is 0 Å². The van der Waals surface area contributed by atoms with Crippen molar-refractivity contribution in [2.75, 3.05) is 32.9 Å². The number of ether oxygens (including phenoxy) is 1. The summed E-state index contributed by atoms with van der Waals surface area (Å²) in [4.78, 5) is 5.58. The monoisotopic (exact) mass is 276 g/mol. The molecular weight excluding hydrogens is 256 g/mol. The highest BCUT2D eigenvalue weighted by atomic mass is 16.5. The van der Waals surface area contributed by atoms with Crippen molar-refractivity contribution < 1.29 is 14.9 Å². The predicted molar refractivity (Wildman–Crippen MR) is 76.5 cm³/mol. The van der Waals surface area contributed by atoms with Gasteiger partial charge in [0.15, 0.2) is 0 Å². The van der Waals surface area contributed by atoms with Gasteiger partial charge in [-0.1, -0.05) is 18.2 Å². The smallest absolute Gasteiger partial charge is 0.0897 e. The van der Waals surface area contributed by atoms with Gasteiger partial charge in [0, 0.05) is 24.3 Å². The molecule has 1 aliphatic heterocycles. The van der Waals surface area contributed by atoms with Crippen molar-refractivity contribution in [1.82, 2.24) is 9.88 Å². The molecule has 3 rings (SSSR count). The van der Waals surface area contributed by atoms with E-state index < -0.39 is 6.10 Å². The number of para-hydroxylation sites is 1. The molecule has 0 saturated carbocycles. The highest BCUT2D eigenvalue weighted by Gasteiger charge is 2.27. The first-order chi connectivity index (χ1) is 9.78. The topological polar surface area (TPSA) is 68.7 Å². The maximum absolute atomic E-state index is 9.67. The zero-order valence-electron chi connectivity index (χ0n) is 11.3. The molecular formula is C15H20N2O3. The Hall–Kier alpha value is -1.40. The number of aliphatic hydroxyl groups excluding tert-OH is 2. The van der Waals surface area contributed by atoms with Crippen LogP contribution in [-0.2, 0) is 4.74 Å². The van der Waals surface area contributed by atoms with Gasteiger partial charge in [-0.3, -0.25) is 4.90 Å². The van der Waals surface area contributed by atoms with Gasteiger partial charge in [-0.2, -0.15) is 0 Å².